The van der Waals surface area contributed by atoms with E-state index in [1.165, 1.54) is 6.07 Å². The van der Waals surface area contributed by atoms with Crippen LogP contribution in [0.1, 0.15) is 37.0 Å². The van der Waals surface area contributed by atoms with Crippen molar-refractivity contribution in [1.82, 2.24) is 4.90 Å². The number of carbonyl (C=O) groups is 1. The van der Waals surface area contributed by atoms with Crippen LogP contribution >= 0.6 is 0 Å². The first-order valence-corrected chi connectivity index (χ1v) is 6.95. The van der Waals surface area contributed by atoms with Crippen LogP contribution in [0.3, 0.4) is 0 Å². The third-order valence-electron chi connectivity index (χ3n) is 3.51. The normalized spacial score (nSPS) is 18.7. The summed E-state index contributed by atoms with van der Waals surface area (Å²) in [5, 5.41) is 3.02. The summed E-state index contributed by atoms with van der Waals surface area (Å²) in [4.78, 5) is 14.3. The van der Waals surface area contributed by atoms with Crippen molar-refractivity contribution in [3.63, 3.8) is 0 Å². The topological polar surface area (TPSA) is 32.3 Å². The second-order valence-corrected chi connectivity index (χ2v) is 5.23. The summed E-state index contributed by atoms with van der Waals surface area (Å²) in [6, 6.07) is 4.69. The molecule has 0 aromatic heterocycles. The van der Waals surface area contributed by atoms with E-state index in [-0.39, 0.29) is 11.7 Å². The van der Waals surface area contributed by atoms with E-state index >= 15 is 0 Å². The van der Waals surface area contributed by atoms with Crippen LogP contribution in [0.15, 0.2) is 18.2 Å². The largest absolute Gasteiger partial charge is 0.382 e. The zero-order valence-corrected chi connectivity index (χ0v) is 11.6. The van der Waals surface area contributed by atoms with Gasteiger partial charge in [0.2, 0.25) is 0 Å². The molecule has 1 fully saturated rings. The molecule has 1 amide bonds. The van der Waals surface area contributed by atoms with E-state index < -0.39 is 0 Å². The summed E-state index contributed by atoms with van der Waals surface area (Å²) in [5.41, 5.74) is 0.788. The predicted molar refractivity (Wildman–Crippen MR) is 74.9 cm³/mol. The van der Waals surface area contributed by atoms with Crippen LogP contribution in [0.25, 0.3) is 0 Å². The molecule has 0 saturated carbocycles. The van der Waals surface area contributed by atoms with Crippen LogP contribution in [0, 0.1) is 11.7 Å². The smallest absolute Gasteiger partial charge is 0.256 e. The van der Waals surface area contributed by atoms with Gasteiger partial charge in [0.05, 0.1) is 11.3 Å². The van der Waals surface area contributed by atoms with Gasteiger partial charge in [-0.2, -0.15) is 0 Å². The highest BCUT2D eigenvalue weighted by Gasteiger charge is 2.26. The Labute approximate surface area is 113 Å². The molecule has 1 aliphatic heterocycles. The number of hydrogen-bond acceptors (Lipinski definition) is 2. The number of nitrogens with zero attached hydrogens (tertiary/aromatic N) is 1. The highest BCUT2D eigenvalue weighted by Crippen LogP contribution is 2.24. The number of nitrogens with one attached hydrogen (secondary N) is 1. The molecule has 0 aliphatic carbocycles. The summed E-state index contributed by atoms with van der Waals surface area (Å²) in [5.74, 6) is 0.110. The lowest BCUT2D eigenvalue weighted by atomic mass is 10.1. The number of amides is 1. The molecule has 1 heterocycles. The second-order valence-electron chi connectivity index (χ2n) is 5.23. The summed E-state index contributed by atoms with van der Waals surface area (Å²) in [6.07, 6.45) is 1.92. The maximum atomic E-state index is 13.9. The molecule has 0 radical (unpaired) electrons. The molecule has 1 unspecified atom stereocenters. The first kappa shape index (κ1) is 13.8. The minimum absolute atomic E-state index is 0.0672. The van der Waals surface area contributed by atoms with Crippen molar-refractivity contribution < 1.29 is 9.18 Å². The van der Waals surface area contributed by atoms with Crippen molar-refractivity contribution in [3.8, 4) is 0 Å². The van der Waals surface area contributed by atoms with Gasteiger partial charge < -0.3 is 10.2 Å². The van der Waals surface area contributed by atoms with E-state index in [0.717, 1.165) is 25.9 Å². The summed E-state index contributed by atoms with van der Waals surface area (Å²) in [7, 11) is 0. The Kier molecular flexibility index (Phi) is 4.40. The number of para-hydroxylation sites is 1. The average Bonchev–Trinajstić information content (AvgIpc) is 2.83. The minimum atomic E-state index is -0.355. The van der Waals surface area contributed by atoms with E-state index in [2.05, 4.69) is 12.2 Å². The van der Waals surface area contributed by atoms with Crippen molar-refractivity contribution in [3.05, 3.63) is 29.6 Å². The van der Waals surface area contributed by atoms with E-state index in [9.17, 15) is 9.18 Å². The molecule has 4 heteroatoms. The van der Waals surface area contributed by atoms with Gasteiger partial charge >= 0.3 is 0 Å². The Bertz CT molecular complexity index is 461. The highest BCUT2D eigenvalue weighted by molar-refractivity contribution is 5.99. The van der Waals surface area contributed by atoms with E-state index in [1.807, 2.05) is 11.8 Å². The fourth-order valence-corrected chi connectivity index (χ4v) is 2.42. The van der Waals surface area contributed by atoms with Gasteiger partial charge in [-0.25, -0.2) is 4.39 Å². The van der Waals surface area contributed by atoms with Crippen LogP contribution in [0.2, 0.25) is 0 Å². The highest BCUT2D eigenvalue weighted by atomic mass is 19.1. The fourth-order valence-electron chi connectivity index (χ4n) is 2.42. The molecule has 104 valence electrons. The summed E-state index contributed by atoms with van der Waals surface area (Å²) < 4.78 is 13.9. The maximum absolute atomic E-state index is 13.9. The lowest BCUT2D eigenvalue weighted by Gasteiger charge is -2.19. The van der Waals surface area contributed by atoms with Gasteiger partial charge in [-0.1, -0.05) is 19.9 Å². The zero-order valence-electron chi connectivity index (χ0n) is 11.6. The van der Waals surface area contributed by atoms with Crippen molar-refractivity contribution in [1.29, 1.82) is 0 Å². The van der Waals surface area contributed by atoms with Crippen LogP contribution < -0.4 is 5.32 Å². The van der Waals surface area contributed by atoms with Gasteiger partial charge in [-0.3, -0.25) is 4.79 Å². The Morgan fingerprint density at radius 3 is 2.95 bits per heavy atom. The fraction of sp³-hybridized carbons (Fsp3) is 0.533. The number of anilines is 1. The molecule has 3 nitrogen and oxygen atoms in total. The van der Waals surface area contributed by atoms with Gasteiger partial charge in [0.15, 0.2) is 0 Å². The number of hydrogen-bond donors (Lipinski definition) is 1. The third kappa shape index (κ3) is 3.06. The SMILES string of the molecule is CCCNc1c(F)cccc1C(=O)N1CCC(C)C1. The molecule has 0 bridgehead atoms. The molecule has 1 atom stereocenters. The van der Waals surface area contributed by atoms with E-state index in [0.29, 0.717) is 23.7 Å². The molecule has 0 spiro atoms. The Hall–Kier alpha value is -1.58. The molecule has 1 saturated heterocycles. The van der Waals surface area contributed by atoms with Gasteiger partial charge in [0.1, 0.15) is 5.82 Å². The lowest BCUT2D eigenvalue weighted by Crippen LogP contribution is -2.29. The van der Waals surface area contributed by atoms with E-state index in [1.54, 1.807) is 12.1 Å². The molecular weight excluding hydrogens is 243 g/mol. The van der Waals surface area contributed by atoms with Crippen molar-refractivity contribution in [2.24, 2.45) is 5.92 Å². The first-order chi connectivity index (χ1) is 9.13. The van der Waals surface area contributed by atoms with Crippen molar-refractivity contribution in [2.45, 2.75) is 26.7 Å². The molecule has 1 aromatic carbocycles. The summed E-state index contributed by atoms with van der Waals surface area (Å²) in [6.45, 7) is 6.34. The van der Waals surface area contributed by atoms with Gasteiger partial charge in [0, 0.05) is 19.6 Å². The summed E-state index contributed by atoms with van der Waals surface area (Å²) >= 11 is 0. The number of halogens is 1. The molecule has 1 aromatic rings. The van der Waals surface area contributed by atoms with E-state index in [4.69, 9.17) is 0 Å². The molecule has 1 N–H and O–H groups in total. The molecular formula is C15H21FN2O. The molecule has 19 heavy (non-hydrogen) atoms. The quantitative estimate of drug-likeness (QED) is 0.906. The number of rotatable bonds is 4. The monoisotopic (exact) mass is 264 g/mol. The minimum Gasteiger partial charge on any atom is -0.382 e. The van der Waals surface area contributed by atoms with Gasteiger partial charge in [-0.15, -0.1) is 0 Å². The maximum Gasteiger partial charge on any atom is 0.256 e. The molecule has 1 aliphatic rings. The third-order valence-corrected chi connectivity index (χ3v) is 3.51. The van der Waals surface area contributed by atoms with Gasteiger partial charge in [0.25, 0.3) is 5.91 Å². The first-order valence-electron chi connectivity index (χ1n) is 6.95. The second kappa shape index (κ2) is 6.04. The Balaban J connectivity index is 2.23. The lowest BCUT2D eigenvalue weighted by molar-refractivity contribution is 0.0788. The predicted octanol–water partition coefficient (Wildman–Crippen LogP) is 3.13. The van der Waals surface area contributed by atoms with Crippen molar-refractivity contribution in [2.75, 3.05) is 25.0 Å². The number of likely N-dealkylation sites (tertiary alicyclic amines) is 1. The number of carbonyl (C=O) groups excluding carboxylic acids is 1. The Morgan fingerprint density at radius 1 is 1.53 bits per heavy atom. The van der Waals surface area contributed by atoms with Crippen LogP contribution in [-0.4, -0.2) is 30.4 Å². The Morgan fingerprint density at radius 2 is 2.32 bits per heavy atom. The average molecular weight is 264 g/mol. The number of benzene rings is 1. The van der Waals surface area contributed by atoms with Crippen LogP contribution in [0.5, 0.6) is 0 Å². The van der Waals surface area contributed by atoms with Crippen LogP contribution in [0.4, 0.5) is 10.1 Å². The molecule has 2 rings (SSSR count). The van der Waals surface area contributed by atoms with Crippen LogP contribution in [-0.2, 0) is 0 Å². The zero-order chi connectivity index (χ0) is 13.8. The standard InChI is InChI=1S/C15H21FN2O/c1-3-8-17-14-12(5-4-6-13(14)16)15(19)18-9-7-11(2)10-18/h4-6,11,17H,3,7-10H2,1-2H3. The van der Waals surface area contributed by atoms with Gasteiger partial charge in [-0.05, 0) is 30.9 Å². The van der Waals surface area contributed by atoms with Crippen molar-refractivity contribution >= 4 is 11.6 Å².